The summed E-state index contributed by atoms with van der Waals surface area (Å²) in [5, 5.41) is 4.04. The molecule has 0 aliphatic heterocycles. The number of alkyl halides is 2. The monoisotopic (exact) mass is 476 g/mol. The molecule has 1 N–H and O–H groups in total. The van der Waals surface area contributed by atoms with Crippen molar-refractivity contribution in [2.24, 2.45) is 0 Å². The van der Waals surface area contributed by atoms with Crippen molar-refractivity contribution in [1.29, 1.82) is 0 Å². The number of imidazole rings is 1. The Bertz CT molecular complexity index is 1530. The molecule has 178 valence electrons. The van der Waals surface area contributed by atoms with Crippen molar-refractivity contribution in [1.82, 2.24) is 19.7 Å². The van der Waals surface area contributed by atoms with E-state index in [1.165, 1.54) is 12.1 Å². The average molecular weight is 476 g/mol. The lowest BCUT2D eigenvalue weighted by atomic mass is 10.1. The minimum absolute atomic E-state index is 0.115. The van der Waals surface area contributed by atoms with Crippen LogP contribution >= 0.6 is 0 Å². The van der Waals surface area contributed by atoms with Crippen LogP contribution in [0.3, 0.4) is 0 Å². The second-order valence-corrected chi connectivity index (χ2v) is 8.22. The highest BCUT2D eigenvalue weighted by molar-refractivity contribution is 5.82. The van der Waals surface area contributed by atoms with E-state index < -0.39 is 6.61 Å². The first-order valence-electron chi connectivity index (χ1n) is 11.0. The van der Waals surface area contributed by atoms with Crippen molar-refractivity contribution in [2.75, 3.05) is 0 Å². The Hall–Kier alpha value is -4.27. The van der Waals surface area contributed by atoms with Crippen molar-refractivity contribution < 1.29 is 18.0 Å². The first kappa shape index (κ1) is 22.5. The maximum Gasteiger partial charge on any atom is 0.387 e. The molecule has 9 heteroatoms. The van der Waals surface area contributed by atoms with Crippen LogP contribution in [0.15, 0.2) is 70.1 Å². The van der Waals surface area contributed by atoms with Crippen molar-refractivity contribution in [3.63, 3.8) is 0 Å². The van der Waals surface area contributed by atoms with Gasteiger partial charge in [-0.1, -0.05) is 29.4 Å². The second kappa shape index (κ2) is 9.17. The summed E-state index contributed by atoms with van der Waals surface area (Å²) in [4.78, 5) is 19.0. The van der Waals surface area contributed by atoms with Crippen LogP contribution in [-0.4, -0.2) is 26.3 Å². The molecule has 2 aromatic carbocycles. The van der Waals surface area contributed by atoms with E-state index in [9.17, 15) is 13.6 Å². The third kappa shape index (κ3) is 4.57. The molecule has 0 atom stereocenters. The Morgan fingerprint density at radius 3 is 2.60 bits per heavy atom. The number of H-pyrrole nitrogens is 1. The van der Waals surface area contributed by atoms with Gasteiger partial charge in [-0.15, -0.1) is 0 Å². The number of hydrogen-bond acceptors (Lipinski definition) is 5. The predicted octanol–water partition coefficient (Wildman–Crippen LogP) is 5.24. The van der Waals surface area contributed by atoms with Crippen LogP contribution in [0.4, 0.5) is 8.78 Å². The molecule has 5 aromatic rings. The number of ether oxygens (including phenoxy) is 1. The molecule has 3 heterocycles. The summed E-state index contributed by atoms with van der Waals surface area (Å²) in [6.07, 6.45) is 2.11. The molecule has 7 nitrogen and oxygen atoms in total. The summed E-state index contributed by atoms with van der Waals surface area (Å²) in [6, 6.07) is 15.8. The molecule has 0 saturated heterocycles. The van der Waals surface area contributed by atoms with Crippen LogP contribution in [0.5, 0.6) is 5.75 Å². The van der Waals surface area contributed by atoms with Gasteiger partial charge in [0, 0.05) is 29.8 Å². The standard InChI is InChI=1S/C26H22F2N4O3/c1-15-20(16(2)35-31-15)12-24-30-21-9-7-17(18-8-10-25(33)29-13-18)11-22(21)32(24)14-19-5-3-4-6-23(19)34-26(27)28/h3-11,13,26H,12,14H2,1-2H3,(H,29,33). The summed E-state index contributed by atoms with van der Waals surface area (Å²) >= 11 is 0. The van der Waals surface area contributed by atoms with Gasteiger partial charge in [-0.3, -0.25) is 4.79 Å². The van der Waals surface area contributed by atoms with E-state index in [1.807, 2.05) is 36.6 Å². The molecule has 0 spiro atoms. The molecule has 35 heavy (non-hydrogen) atoms. The molecule has 0 unspecified atom stereocenters. The number of aromatic nitrogens is 4. The SMILES string of the molecule is Cc1noc(C)c1Cc1nc2ccc(-c3ccc(=O)[nH]c3)cc2n1Cc1ccccc1OC(F)F. The summed E-state index contributed by atoms with van der Waals surface area (Å²) < 4.78 is 38.2. The van der Waals surface area contributed by atoms with Crippen molar-refractivity contribution in [3.8, 4) is 16.9 Å². The van der Waals surface area contributed by atoms with E-state index in [0.717, 1.165) is 39.2 Å². The lowest BCUT2D eigenvalue weighted by molar-refractivity contribution is -0.0504. The zero-order chi connectivity index (χ0) is 24.5. The largest absolute Gasteiger partial charge is 0.434 e. The zero-order valence-electron chi connectivity index (χ0n) is 19.1. The zero-order valence-corrected chi connectivity index (χ0v) is 19.1. The van der Waals surface area contributed by atoms with Crippen molar-refractivity contribution in [2.45, 2.75) is 33.4 Å². The number of aromatic amines is 1. The first-order chi connectivity index (χ1) is 16.9. The van der Waals surface area contributed by atoms with Crippen molar-refractivity contribution in [3.05, 3.63) is 99.6 Å². The summed E-state index contributed by atoms with van der Waals surface area (Å²) in [6.45, 7) is 1.07. The fraction of sp³-hybridized carbons (Fsp3) is 0.192. The Morgan fingerprint density at radius 1 is 1.09 bits per heavy atom. The number of benzene rings is 2. The van der Waals surface area contributed by atoms with Crippen LogP contribution in [0.2, 0.25) is 0 Å². The summed E-state index contributed by atoms with van der Waals surface area (Å²) in [5.74, 6) is 1.56. The number of nitrogens with zero attached hydrogens (tertiary/aromatic N) is 3. The normalized spacial score (nSPS) is 11.5. The molecule has 0 fully saturated rings. The molecule has 0 amide bonds. The van der Waals surface area contributed by atoms with E-state index in [1.54, 1.807) is 30.5 Å². The van der Waals surface area contributed by atoms with Gasteiger partial charge in [0.2, 0.25) is 5.56 Å². The van der Waals surface area contributed by atoms with Gasteiger partial charge in [0.1, 0.15) is 17.3 Å². The lowest BCUT2D eigenvalue weighted by Gasteiger charge is -2.14. The number of nitrogens with one attached hydrogen (secondary N) is 1. The fourth-order valence-electron chi connectivity index (χ4n) is 4.18. The van der Waals surface area contributed by atoms with E-state index in [0.29, 0.717) is 17.7 Å². The molecule has 0 bridgehead atoms. The molecule has 3 aromatic heterocycles. The summed E-state index contributed by atoms with van der Waals surface area (Å²) in [7, 11) is 0. The molecular formula is C26H22F2N4O3. The quantitative estimate of drug-likeness (QED) is 0.347. The van der Waals surface area contributed by atoms with Crippen LogP contribution in [-0.2, 0) is 13.0 Å². The highest BCUT2D eigenvalue weighted by atomic mass is 19.3. The summed E-state index contributed by atoms with van der Waals surface area (Å²) in [5.41, 5.74) is 5.42. The highest BCUT2D eigenvalue weighted by Crippen LogP contribution is 2.29. The average Bonchev–Trinajstić information content (AvgIpc) is 3.34. The van der Waals surface area contributed by atoms with Gasteiger partial charge in [0.05, 0.1) is 23.3 Å². The topological polar surface area (TPSA) is 85.9 Å². The van der Waals surface area contributed by atoms with Crippen LogP contribution in [0, 0.1) is 13.8 Å². The molecular weight excluding hydrogens is 454 g/mol. The van der Waals surface area contributed by atoms with Crippen molar-refractivity contribution >= 4 is 11.0 Å². The molecule has 5 rings (SSSR count). The fourth-order valence-corrected chi connectivity index (χ4v) is 4.18. The van der Waals surface area contributed by atoms with E-state index in [4.69, 9.17) is 14.2 Å². The Balaban J connectivity index is 1.65. The Morgan fingerprint density at radius 2 is 1.89 bits per heavy atom. The second-order valence-electron chi connectivity index (χ2n) is 8.22. The highest BCUT2D eigenvalue weighted by Gasteiger charge is 2.19. The number of hydrogen-bond donors (Lipinski definition) is 1. The van der Waals surface area contributed by atoms with Gasteiger partial charge in [-0.2, -0.15) is 8.78 Å². The van der Waals surface area contributed by atoms with Gasteiger partial charge in [0.15, 0.2) is 0 Å². The minimum atomic E-state index is -2.93. The predicted molar refractivity (Wildman–Crippen MR) is 127 cm³/mol. The first-order valence-corrected chi connectivity index (χ1v) is 11.0. The number of rotatable bonds is 7. The van der Waals surface area contributed by atoms with Gasteiger partial charge in [-0.25, -0.2) is 4.98 Å². The molecule has 0 aliphatic rings. The Kier molecular flexibility index (Phi) is 5.90. The van der Waals surface area contributed by atoms with Crippen LogP contribution in [0.1, 0.15) is 28.4 Å². The lowest BCUT2D eigenvalue weighted by Crippen LogP contribution is -2.10. The van der Waals surface area contributed by atoms with Crippen LogP contribution < -0.4 is 10.3 Å². The number of fused-ring (bicyclic) bond motifs is 1. The number of para-hydroxylation sites is 1. The number of aryl methyl sites for hydroxylation is 2. The van der Waals surface area contributed by atoms with Gasteiger partial charge < -0.3 is 18.8 Å². The van der Waals surface area contributed by atoms with E-state index >= 15 is 0 Å². The van der Waals surface area contributed by atoms with Gasteiger partial charge in [0.25, 0.3) is 0 Å². The van der Waals surface area contributed by atoms with Crippen LogP contribution in [0.25, 0.3) is 22.2 Å². The minimum Gasteiger partial charge on any atom is -0.434 e. The third-order valence-electron chi connectivity index (χ3n) is 5.98. The smallest absolute Gasteiger partial charge is 0.387 e. The number of pyridine rings is 1. The third-order valence-corrected chi connectivity index (χ3v) is 5.98. The maximum absolute atomic E-state index is 13.0. The number of halogens is 2. The maximum atomic E-state index is 13.0. The molecule has 0 radical (unpaired) electrons. The molecule has 0 saturated carbocycles. The van der Waals surface area contributed by atoms with E-state index in [2.05, 4.69) is 10.1 Å². The van der Waals surface area contributed by atoms with Gasteiger partial charge >= 0.3 is 6.61 Å². The van der Waals surface area contributed by atoms with Gasteiger partial charge in [-0.05, 0) is 49.2 Å². The molecule has 0 aliphatic carbocycles. The van der Waals surface area contributed by atoms with E-state index in [-0.39, 0.29) is 17.9 Å². The Labute approximate surface area is 199 Å².